The molecule has 2 heterocycles. The number of likely N-dealkylation sites (N-methyl/N-ethyl adjacent to an activating group) is 1. The van der Waals surface area contributed by atoms with Crippen molar-refractivity contribution in [2.75, 3.05) is 26.7 Å². The van der Waals surface area contributed by atoms with Gasteiger partial charge in [-0.25, -0.2) is 0 Å². The molecule has 1 aliphatic heterocycles. The van der Waals surface area contributed by atoms with E-state index in [0.29, 0.717) is 24.8 Å². The zero-order valence-corrected chi connectivity index (χ0v) is 14.5. The lowest BCUT2D eigenvalue weighted by atomic mass is 10.1. The maximum Gasteiger partial charge on any atom is 0.236 e. The predicted octanol–water partition coefficient (Wildman–Crippen LogP) is 2.13. The first kappa shape index (κ1) is 16.6. The first-order chi connectivity index (χ1) is 11.5. The van der Waals surface area contributed by atoms with E-state index in [4.69, 9.17) is 4.52 Å². The summed E-state index contributed by atoms with van der Waals surface area (Å²) in [5.41, 5.74) is 2.40. The minimum absolute atomic E-state index is 0.139. The topological polar surface area (TPSA) is 62.5 Å². The van der Waals surface area contributed by atoms with E-state index in [-0.39, 0.29) is 11.8 Å². The Morgan fingerprint density at radius 2 is 2.17 bits per heavy atom. The van der Waals surface area contributed by atoms with Crippen molar-refractivity contribution < 1.29 is 9.32 Å². The van der Waals surface area contributed by atoms with Crippen LogP contribution in [0.2, 0.25) is 0 Å². The number of nitrogens with zero attached hydrogens (tertiary/aromatic N) is 4. The highest BCUT2D eigenvalue weighted by molar-refractivity contribution is 5.78. The smallest absolute Gasteiger partial charge is 0.236 e. The van der Waals surface area contributed by atoms with Crippen molar-refractivity contribution in [1.82, 2.24) is 19.9 Å². The predicted molar refractivity (Wildman–Crippen MR) is 90.5 cm³/mol. The second-order valence-corrected chi connectivity index (χ2v) is 6.58. The minimum Gasteiger partial charge on any atom is -0.340 e. The van der Waals surface area contributed by atoms with Gasteiger partial charge in [0.25, 0.3) is 0 Å². The molecule has 0 aliphatic carbocycles. The zero-order valence-electron chi connectivity index (χ0n) is 14.5. The average Bonchev–Trinajstić information content (AvgIpc) is 3.18. The van der Waals surface area contributed by atoms with E-state index in [2.05, 4.69) is 34.1 Å². The second-order valence-electron chi connectivity index (χ2n) is 6.58. The third-order valence-electron chi connectivity index (χ3n) is 4.62. The summed E-state index contributed by atoms with van der Waals surface area (Å²) in [5, 5.41) is 3.85. The SMILES string of the molecule is Cc1noc([C@@H]2CCN(CC(=O)N(C)Cc3ccccc3C)C2)n1. The molecule has 0 saturated carbocycles. The largest absolute Gasteiger partial charge is 0.340 e. The van der Waals surface area contributed by atoms with Crippen LogP contribution < -0.4 is 0 Å². The minimum atomic E-state index is 0.139. The van der Waals surface area contributed by atoms with Crippen molar-refractivity contribution in [3.63, 3.8) is 0 Å². The fourth-order valence-electron chi connectivity index (χ4n) is 3.10. The number of hydrogen-bond acceptors (Lipinski definition) is 5. The van der Waals surface area contributed by atoms with Crippen molar-refractivity contribution in [3.05, 3.63) is 47.1 Å². The van der Waals surface area contributed by atoms with Gasteiger partial charge in [-0.2, -0.15) is 4.98 Å². The van der Waals surface area contributed by atoms with E-state index in [1.165, 1.54) is 11.1 Å². The molecule has 3 rings (SSSR count). The normalized spacial score (nSPS) is 18.0. The molecular formula is C18H24N4O2. The molecule has 0 bridgehead atoms. The van der Waals surface area contributed by atoms with Crippen molar-refractivity contribution in [2.45, 2.75) is 32.7 Å². The molecular weight excluding hydrogens is 304 g/mol. The first-order valence-electron chi connectivity index (χ1n) is 8.34. The first-order valence-corrected chi connectivity index (χ1v) is 8.34. The summed E-state index contributed by atoms with van der Waals surface area (Å²) in [6, 6.07) is 8.18. The number of carbonyl (C=O) groups is 1. The molecule has 0 N–H and O–H groups in total. The summed E-state index contributed by atoms with van der Waals surface area (Å²) in [6.45, 7) is 6.66. The molecule has 24 heavy (non-hydrogen) atoms. The van der Waals surface area contributed by atoms with Gasteiger partial charge in [0, 0.05) is 20.1 Å². The molecule has 1 saturated heterocycles. The van der Waals surface area contributed by atoms with Crippen LogP contribution in [0.25, 0.3) is 0 Å². The average molecular weight is 328 g/mol. The number of amides is 1. The zero-order chi connectivity index (χ0) is 17.1. The number of aryl methyl sites for hydroxylation is 2. The summed E-state index contributed by atoms with van der Waals surface area (Å²) in [7, 11) is 1.86. The Morgan fingerprint density at radius 1 is 1.38 bits per heavy atom. The molecule has 2 aromatic rings. The third kappa shape index (κ3) is 3.82. The monoisotopic (exact) mass is 328 g/mol. The summed E-state index contributed by atoms with van der Waals surface area (Å²) >= 11 is 0. The highest BCUT2D eigenvalue weighted by atomic mass is 16.5. The lowest BCUT2D eigenvalue weighted by Gasteiger charge is -2.22. The van der Waals surface area contributed by atoms with Gasteiger partial charge < -0.3 is 9.42 Å². The molecule has 0 radical (unpaired) electrons. The fourth-order valence-corrected chi connectivity index (χ4v) is 3.10. The Morgan fingerprint density at radius 3 is 2.88 bits per heavy atom. The molecule has 6 heteroatoms. The van der Waals surface area contributed by atoms with Gasteiger partial charge in [-0.15, -0.1) is 0 Å². The molecule has 0 spiro atoms. The van der Waals surface area contributed by atoms with E-state index in [9.17, 15) is 4.79 Å². The highest BCUT2D eigenvalue weighted by Crippen LogP contribution is 2.25. The highest BCUT2D eigenvalue weighted by Gasteiger charge is 2.29. The molecule has 1 aromatic carbocycles. The van der Waals surface area contributed by atoms with Gasteiger partial charge in [0.05, 0.1) is 12.5 Å². The standard InChI is InChI=1S/C18H24N4O2/c1-13-6-4-5-7-15(13)10-21(3)17(23)12-22-9-8-16(11-22)18-19-14(2)20-24-18/h4-7,16H,8-12H2,1-3H3/t16-/m1/s1. The lowest BCUT2D eigenvalue weighted by molar-refractivity contribution is -0.131. The third-order valence-corrected chi connectivity index (χ3v) is 4.62. The van der Waals surface area contributed by atoms with Gasteiger partial charge in [0.2, 0.25) is 11.8 Å². The van der Waals surface area contributed by atoms with E-state index < -0.39 is 0 Å². The summed E-state index contributed by atoms with van der Waals surface area (Å²) in [5.74, 6) is 1.73. The van der Waals surface area contributed by atoms with Crippen LogP contribution in [0.4, 0.5) is 0 Å². The van der Waals surface area contributed by atoms with Crippen LogP contribution in [0.1, 0.15) is 35.2 Å². The van der Waals surface area contributed by atoms with Crippen LogP contribution in [0.5, 0.6) is 0 Å². The quantitative estimate of drug-likeness (QED) is 0.841. The van der Waals surface area contributed by atoms with Crippen molar-refractivity contribution in [2.24, 2.45) is 0 Å². The summed E-state index contributed by atoms with van der Waals surface area (Å²) in [6.07, 6.45) is 0.955. The van der Waals surface area contributed by atoms with Gasteiger partial charge >= 0.3 is 0 Å². The van der Waals surface area contributed by atoms with Crippen LogP contribution in [-0.4, -0.2) is 52.5 Å². The fraction of sp³-hybridized carbons (Fsp3) is 0.500. The second kappa shape index (κ2) is 7.13. The Labute approximate surface area is 142 Å². The van der Waals surface area contributed by atoms with Gasteiger partial charge in [0.15, 0.2) is 5.82 Å². The van der Waals surface area contributed by atoms with E-state index in [0.717, 1.165) is 19.5 Å². The number of rotatable bonds is 5. The van der Waals surface area contributed by atoms with Crippen LogP contribution in [0, 0.1) is 13.8 Å². The Kier molecular flexibility index (Phi) is 4.94. The van der Waals surface area contributed by atoms with Gasteiger partial charge in [0.1, 0.15) is 0 Å². The van der Waals surface area contributed by atoms with Crippen LogP contribution >= 0.6 is 0 Å². The van der Waals surface area contributed by atoms with E-state index in [1.54, 1.807) is 4.90 Å². The molecule has 1 aliphatic rings. The van der Waals surface area contributed by atoms with Gasteiger partial charge in [-0.1, -0.05) is 29.4 Å². The van der Waals surface area contributed by atoms with Crippen LogP contribution in [-0.2, 0) is 11.3 Å². The maximum absolute atomic E-state index is 12.5. The Hall–Kier alpha value is -2.21. The van der Waals surface area contributed by atoms with E-state index >= 15 is 0 Å². The van der Waals surface area contributed by atoms with Crippen LogP contribution in [0.15, 0.2) is 28.8 Å². The van der Waals surface area contributed by atoms with Gasteiger partial charge in [-0.3, -0.25) is 9.69 Å². The Bertz CT molecular complexity index is 713. The maximum atomic E-state index is 12.5. The number of hydrogen-bond donors (Lipinski definition) is 0. The molecule has 1 amide bonds. The lowest BCUT2D eigenvalue weighted by Crippen LogP contribution is -2.37. The summed E-state index contributed by atoms with van der Waals surface area (Å²) < 4.78 is 5.26. The Balaban J connectivity index is 1.52. The summed E-state index contributed by atoms with van der Waals surface area (Å²) in [4.78, 5) is 20.8. The molecule has 1 fully saturated rings. The van der Waals surface area contributed by atoms with Crippen molar-refractivity contribution in [3.8, 4) is 0 Å². The molecule has 6 nitrogen and oxygen atoms in total. The van der Waals surface area contributed by atoms with Gasteiger partial charge in [-0.05, 0) is 37.9 Å². The molecule has 1 aromatic heterocycles. The van der Waals surface area contributed by atoms with Crippen molar-refractivity contribution in [1.29, 1.82) is 0 Å². The molecule has 0 unspecified atom stereocenters. The van der Waals surface area contributed by atoms with Crippen LogP contribution in [0.3, 0.4) is 0 Å². The molecule has 1 atom stereocenters. The molecule has 128 valence electrons. The van der Waals surface area contributed by atoms with E-state index in [1.807, 2.05) is 26.1 Å². The van der Waals surface area contributed by atoms with Crippen molar-refractivity contribution >= 4 is 5.91 Å². The number of carbonyl (C=O) groups excluding carboxylic acids is 1. The number of likely N-dealkylation sites (tertiary alicyclic amines) is 1. The number of aromatic nitrogens is 2. The number of benzene rings is 1.